The normalized spacial score (nSPS) is 11.3. The van der Waals surface area contributed by atoms with Crippen molar-refractivity contribution in [3.05, 3.63) is 93.4 Å². The Bertz CT molecular complexity index is 1060. The molecule has 0 N–H and O–H groups in total. The van der Waals surface area contributed by atoms with Crippen molar-refractivity contribution in [1.29, 1.82) is 0 Å². The maximum atomic E-state index is 13.0. The maximum absolute atomic E-state index is 13.0. The zero-order valence-electron chi connectivity index (χ0n) is 14.7. The molecule has 0 unspecified atom stereocenters. The number of alkyl halides is 3. The van der Waals surface area contributed by atoms with Gasteiger partial charge < -0.3 is 4.74 Å². The van der Waals surface area contributed by atoms with Gasteiger partial charge in [-0.3, -0.25) is 4.79 Å². The van der Waals surface area contributed by atoms with Crippen LogP contribution < -0.4 is 5.43 Å². The van der Waals surface area contributed by atoms with E-state index in [1.807, 2.05) is 0 Å². The number of hydrogen-bond acceptors (Lipinski definition) is 4. The molecule has 28 heavy (non-hydrogen) atoms. The van der Waals surface area contributed by atoms with Gasteiger partial charge in [-0.05, 0) is 30.7 Å². The average Bonchev–Trinajstić information content (AvgIpc) is 2.66. The van der Waals surface area contributed by atoms with E-state index in [1.54, 1.807) is 30.3 Å². The number of nitrogens with zero attached hydrogens (tertiary/aromatic N) is 2. The largest absolute Gasteiger partial charge is 0.456 e. The second kappa shape index (κ2) is 7.67. The van der Waals surface area contributed by atoms with Gasteiger partial charge in [-0.15, -0.1) is 0 Å². The molecule has 0 aliphatic heterocycles. The molecular weight excluding hydrogens is 373 g/mol. The van der Waals surface area contributed by atoms with Crippen LogP contribution in [0.2, 0.25) is 0 Å². The van der Waals surface area contributed by atoms with E-state index in [0.717, 1.165) is 28.4 Å². The molecular formula is C20H15F3N2O3. The number of carbonyl (C=O) groups excluding carboxylic acids is 1. The SMILES string of the molecule is Cc1cc(=O)c(C(=O)OCc2ccccc2)nn1-c1cccc(C(F)(F)F)c1. The van der Waals surface area contributed by atoms with Gasteiger partial charge in [0.25, 0.3) is 0 Å². The van der Waals surface area contributed by atoms with Crippen LogP contribution in [0, 0.1) is 6.92 Å². The third-order valence-electron chi connectivity index (χ3n) is 3.93. The van der Waals surface area contributed by atoms with Crippen LogP contribution >= 0.6 is 0 Å². The van der Waals surface area contributed by atoms with Crippen molar-refractivity contribution in [3.63, 3.8) is 0 Å². The van der Waals surface area contributed by atoms with Gasteiger partial charge in [0.1, 0.15) is 6.61 Å². The Hall–Kier alpha value is -3.42. The fourth-order valence-corrected chi connectivity index (χ4v) is 2.56. The number of rotatable bonds is 4. The molecule has 0 spiro atoms. The van der Waals surface area contributed by atoms with E-state index in [9.17, 15) is 22.8 Å². The fourth-order valence-electron chi connectivity index (χ4n) is 2.56. The highest BCUT2D eigenvalue weighted by Gasteiger charge is 2.30. The van der Waals surface area contributed by atoms with Crippen LogP contribution in [0.25, 0.3) is 5.69 Å². The Morgan fingerprint density at radius 2 is 1.79 bits per heavy atom. The molecule has 8 heteroatoms. The minimum Gasteiger partial charge on any atom is -0.456 e. The maximum Gasteiger partial charge on any atom is 0.416 e. The predicted molar refractivity (Wildman–Crippen MR) is 95.1 cm³/mol. The van der Waals surface area contributed by atoms with E-state index in [-0.39, 0.29) is 18.0 Å². The van der Waals surface area contributed by atoms with Gasteiger partial charge >= 0.3 is 12.1 Å². The molecule has 144 valence electrons. The van der Waals surface area contributed by atoms with Gasteiger partial charge in [-0.2, -0.15) is 18.3 Å². The van der Waals surface area contributed by atoms with Crippen LogP contribution in [-0.4, -0.2) is 15.7 Å². The molecule has 3 rings (SSSR count). The Morgan fingerprint density at radius 3 is 2.46 bits per heavy atom. The molecule has 1 aromatic heterocycles. The van der Waals surface area contributed by atoms with E-state index >= 15 is 0 Å². The fraction of sp³-hybridized carbons (Fsp3) is 0.150. The van der Waals surface area contributed by atoms with Gasteiger partial charge in [0.15, 0.2) is 0 Å². The van der Waals surface area contributed by atoms with E-state index in [4.69, 9.17) is 4.74 Å². The quantitative estimate of drug-likeness (QED) is 0.636. The second-order valence-electron chi connectivity index (χ2n) is 6.02. The van der Waals surface area contributed by atoms with Gasteiger partial charge in [-0.25, -0.2) is 9.48 Å². The summed E-state index contributed by atoms with van der Waals surface area (Å²) in [7, 11) is 0. The van der Waals surface area contributed by atoms with Crippen molar-refractivity contribution >= 4 is 5.97 Å². The monoisotopic (exact) mass is 388 g/mol. The summed E-state index contributed by atoms with van der Waals surface area (Å²) in [5, 5.41) is 3.94. The first-order valence-electron chi connectivity index (χ1n) is 8.25. The van der Waals surface area contributed by atoms with E-state index in [0.29, 0.717) is 0 Å². The topological polar surface area (TPSA) is 61.2 Å². The predicted octanol–water partition coefficient (Wildman–Crippen LogP) is 3.92. The van der Waals surface area contributed by atoms with Crippen molar-refractivity contribution in [1.82, 2.24) is 9.78 Å². The molecule has 2 aromatic carbocycles. The van der Waals surface area contributed by atoms with Gasteiger partial charge in [-0.1, -0.05) is 36.4 Å². The zero-order chi connectivity index (χ0) is 20.3. The molecule has 0 saturated heterocycles. The van der Waals surface area contributed by atoms with Crippen LogP contribution in [0.1, 0.15) is 27.3 Å². The highest BCUT2D eigenvalue weighted by atomic mass is 19.4. The first kappa shape index (κ1) is 19.3. The molecule has 0 atom stereocenters. The summed E-state index contributed by atoms with van der Waals surface area (Å²) >= 11 is 0. The van der Waals surface area contributed by atoms with Crippen molar-refractivity contribution in [2.45, 2.75) is 19.7 Å². The number of aromatic nitrogens is 2. The highest BCUT2D eigenvalue weighted by Crippen LogP contribution is 2.30. The van der Waals surface area contributed by atoms with E-state index < -0.39 is 28.8 Å². The molecule has 0 saturated carbocycles. The van der Waals surface area contributed by atoms with Gasteiger partial charge in [0.05, 0.1) is 11.3 Å². The lowest BCUT2D eigenvalue weighted by atomic mass is 10.2. The second-order valence-corrected chi connectivity index (χ2v) is 6.02. The smallest absolute Gasteiger partial charge is 0.416 e. The number of hydrogen-bond donors (Lipinski definition) is 0. The van der Waals surface area contributed by atoms with Crippen LogP contribution in [0.4, 0.5) is 13.2 Å². The molecule has 5 nitrogen and oxygen atoms in total. The van der Waals surface area contributed by atoms with Crippen molar-refractivity contribution < 1.29 is 22.7 Å². The molecule has 0 aliphatic rings. The molecule has 0 radical (unpaired) electrons. The van der Waals surface area contributed by atoms with Crippen LogP contribution in [0.15, 0.2) is 65.5 Å². The van der Waals surface area contributed by atoms with Crippen molar-refractivity contribution in [2.24, 2.45) is 0 Å². The first-order chi connectivity index (χ1) is 13.3. The summed E-state index contributed by atoms with van der Waals surface area (Å²) in [4.78, 5) is 24.4. The number of halogens is 3. The Kier molecular flexibility index (Phi) is 5.30. The van der Waals surface area contributed by atoms with E-state index in [1.165, 1.54) is 19.1 Å². The summed E-state index contributed by atoms with van der Waals surface area (Å²) in [5.41, 5.74) is -0.953. The Balaban J connectivity index is 1.93. The molecule has 1 heterocycles. The summed E-state index contributed by atoms with van der Waals surface area (Å²) in [6, 6.07) is 14.4. The van der Waals surface area contributed by atoms with Gasteiger partial charge in [0.2, 0.25) is 11.1 Å². The lowest BCUT2D eigenvalue weighted by Crippen LogP contribution is -2.24. The first-order valence-corrected chi connectivity index (χ1v) is 8.25. The number of ether oxygens (including phenoxy) is 1. The number of benzene rings is 2. The van der Waals surface area contributed by atoms with E-state index in [2.05, 4.69) is 5.10 Å². The highest BCUT2D eigenvalue weighted by molar-refractivity contribution is 5.86. The molecule has 0 bridgehead atoms. The van der Waals surface area contributed by atoms with Crippen LogP contribution in [0.3, 0.4) is 0 Å². The van der Waals surface area contributed by atoms with Gasteiger partial charge in [0, 0.05) is 11.8 Å². The molecule has 0 amide bonds. The third-order valence-corrected chi connectivity index (χ3v) is 3.93. The van der Waals surface area contributed by atoms with Crippen LogP contribution in [-0.2, 0) is 17.5 Å². The zero-order valence-corrected chi connectivity index (χ0v) is 14.7. The minimum absolute atomic E-state index is 0.0573. The lowest BCUT2D eigenvalue weighted by Gasteiger charge is -2.13. The molecule has 0 aliphatic carbocycles. The Labute approximate surface area is 158 Å². The number of esters is 1. The standard InChI is InChI=1S/C20H15F3N2O3/c1-13-10-17(26)18(19(27)28-12-14-6-3-2-4-7-14)24-25(13)16-9-5-8-15(11-16)20(21,22)23/h2-11H,12H2,1H3. The van der Waals surface area contributed by atoms with Crippen molar-refractivity contribution in [3.8, 4) is 5.69 Å². The summed E-state index contributed by atoms with van der Waals surface area (Å²) in [6.07, 6.45) is -4.53. The number of carbonyl (C=O) groups is 1. The average molecular weight is 388 g/mol. The van der Waals surface area contributed by atoms with Crippen LogP contribution in [0.5, 0.6) is 0 Å². The summed E-state index contributed by atoms with van der Waals surface area (Å²) in [6.45, 7) is 1.45. The molecule has 0 fully saturated rings. The minimum atomic E-state index is -4.53. The third kappa shape index (κ3) is 4.28. The summed E-state index contributed by atoms with van der Waals surface area (Å²) in [5.74, 6) is -0.949. The number of aryl methyl sites for hydroxylation is 1. The summed E-state index contributed by atoms with van der Waals surface area (Å²) < 4.78 is 45.1. The Morgan fingerprint density at radius 1 is 1.07 bits per heavy atom. The lowest BCUT2D eigenvalue weighted by molar-refractivity contribution is -0.137. The molecule has 3 aromatic rings. The van der Waals surface area contributed by atoms with Crippen molar-refractivity contribution in [2.75, 3.05) is 0 Å².